The zero-order valence-electron chi connectivity index (χ0n) is 10.8. The molecule has 2 aliphatic rings. The second-order valence-corrected chi connectivity index (χ2v) is 6.37. The topological polar surface area (TPSA) is 6.48 Å². The lowest BCUT2D eigenvalue weighted by Crippen LogP contribution is -2.35. The van der Waals surface area contributed by atoms with E-state index in [4.69, 9.17) is 0 Å². The molecule has 0 bridgehead atoms. The maximum Gasteiger partial charge on any atom is 0.0245 e. The first-order valence-electron chi connectivity index (χ1n) is 7.03. The SMILES string of the molecule is Brc1ccccc1CN1CCC(N2CCCC2)C1. The summed E-state index contributed by atoms with van der Waals surface area (Å²) in [5.74, 6) is 0. The lowest BCUT2D eigenvalue weighted by Gasteiger charge is -2.23. The van der Waals surface area contributed by atoms with Gasteiger partial charge in [0.05, 0.1) is 0 Å². The molecule has 0 aromatic heterocycles. The normalized spacial score (nSPS) is 25.9. The van der Waals surface area contributed by atoms with Gasteiger partial charge in [-0.25, -0.2) is 0 Å². The first kappa shape index (κ1) is 12.6. The molecule has 2 nitrogen and oxygen atoms in total. The minimum atomic E-state index is 0.815. The molecule has 2 fully saturated rings. The number of rotatable bonds is 3. The van der Waals surface area contributed by atoms with Crippen molar-refractivity contribution in [2.75, 3.05) is 26.2 Å². The summed E-state index contributed by atoms with van der Waals surface area (Å²) in [5, 5.41) is 0. The first-order chi connectivity index (χ1) is 8.83. The van der Waals surface area contributed by atoms with Crippen molar-refractivity contribution in [1.29, 1.82) is 0 Å². The van der Waals surface area contributed by atoms with Gasteiger partial charge in [0, 0.05) is 30.1 Å². The zero-order valence-corrected chi connectivity index (χ0v) is 12.4. The van der Waals surface area contributed by atoms with E-state index in [1.54, 1.807) is 0 Å². The average Bonchev–Trinajstić information content (AvgIpc) is 3.02. The second kappa shape index (κ2) is 5.72. The van der Waals surface area contributed by atoms with Gasteiger partial charge in [-0.15, -0.1) is 0 Å². The predicted molar refractivity (Wildman–Crippen MR) is 78.6 cm³/mol. The van der Waals surface area contributed by atoms with Crippen molar-refractivity contribution in [2.45, 2.75) is 31.8 Å². The fraction of sp³-hybridized carbons (Fsp3) is 0.600. The highest BCUT2D eigenvalue weighted by Gasteiger charge is 2.29. The third kappa shape index (κ3) is 2.79. The highest BCUT2D eigenvalue weighted by atomic mass is 79.9. The highest BCUT2D eigenvalue weighted by molar-refractivity contribution is 9.10. The molecular weight excluding hydrogens is 288 g/mol. The number of hydrogen-bond acceptors (Lipinski definition) is 2. The van der Waals surface area contributed by atoms with Crippen molar-refractivity contribution in [3.63, 3.8) is 0 Å². The summed E-state index contributed by atoms with van der Waals surface area (Å²) in [6.07, 6.45) is 4.16. The first-order valence-corrected chi connectivity index (χ1v) is 7.82. The van der Waals surface area contributed by atoms with Crippen molar-refractivity contribution in [3.05, 3.63) is 34.3 Å². The van der Waals surface area contributed by atoms with Gasteiger partial charge in [-0.3, -0.25) is 9.80 Å². The Morgan fingerprint density at radius 3 is 2.67 bits per heavy atom. The molecule has 3 heteroatoms. The number of nitrogens with zero attached hydrogens (tertiary/aromatic N) is 2. The Morgan fingerprint density at radius 2 is 1.89 bits per heavy atom. The number of hydrogen-bond donors (Lipinski definition) is 0. The van der Waals surface area contributed by atoms with E-state index in [9.17, 15) is 0 Å². The fourth-order valence-electron chi connectivity index (χ4n) is 3.23. The van der Waals surface area contributed by atoms with Crippen LogP contribution in [0.25, 0.3) is 0 Å². The maximum atomic E-state index is 3.65. The van der Waals surface area contributed by atoms with E-state index in [0.29, 0.717) is 0 Å². The van der Waals surface area contributed by atoms with E-state index < -0.39 is 0 Å². The van der Waals surface area contributed by atoms with E-state index in [0.717, 1.165) is 12.6 Å². The van der Waals surface area contributed by atoms with Crippen LogP contribution in [0.1, 0.15) is 24.8 Å². The van der Waals surface area contributed by atoms with Gasteiger partial charge >= 0.3 is 0 Å². The van der Waals surface area contributed by atoms with Gasteiger partial charge in [-0.05, 0) is 44.0 Å². The summed E-state index contributed by atoms with van der Waals surface area (Å²) in [5.41, 5.74) is 1.42. The number of likely N-dealkylation sites (tertiary alicyclic amines) is 2. The second-order valence-electron chi connectivity index (χ2n) is 5.51. The summed E-state index contributed by atoms with van der Waals surface area (Å²) in [7, 11) is 0. The van der Waals surface area contributed by atoms with Crippen molar-refractivity contribution in [3.8, 4) is 0 Å². The molecule has 0 amide bonds. The van der Waals surface area contributed by atoms with Crippen molar-refractivity contribution >= 4 is 15.9 Å². The van der Waals surface area contributed by atoms with E-state index >= 15 is 0 Å². The minimum Gasteiger partial charge on any atom is -0.299 e. The van der Waals surface area contributed by atoms with Crippen LogP contribution in [-0.4, -0.2) is 42.0 Å². The van der Waals surface area contributed by atoms with Crippen molar-refractivity contribution in [1.82, 2.24) is 9.80 Å². The lowest BCUT2D eigenvalue weighted by atomic mass is 10.2. The van der Waals surface area contributed by atoms with Gasteiger partial charge in [0.25, 0.3) is 0 Å². The Bertz CT molecular complexity index is 401. The lowest BCUT2D eigenvalue weighted by molar-refractivity contribution is 0.230. The van der Waals surface area contributed by atoms with E-state index in [1.165, 1.54) is 55.5 Å². The molecule has 0 aliphatic carbocycles. The van der Waals surface area contributed by atoms with Crippen LogP contribution in [0.4, 0.5) is 0 Å². The van der Waals surface area contributed by atoms with Gasteiger partial charge in [0.1, 0.15) is 0 Å². The van der Waals surface area contributed by atoms with Crippen LogP contribution < -0.4 is 0 Å². The Labute approximate surface area is 118 Å². The molecule has 0 saturated carbocycles. The summed E-state index contributed by atoms with van der Waals surface area (Å²) >= 11 is 3.65. The van der Waals surface area contributed by atoms with Gasteiger partial charge < -0.3 is 0 Å². The summed E-state index contributed by atoms with van der Waals surface area (Å²) < 4.78 is 1.25. The number of benzene rings is 1. The van der Waals surface area contributed by atoms with E-state index in [2.05, 4.69) is 50.0 Å². The molecule has 1 aromatic carbocycles. The third-order valence-electron chi connectivity index (χ3n) is 4.26. The molecule has 18 heavy (non-hydrogen) atoms. The van der Waals surface area contributed by atoms with Crippen molar-refractivity contribution in [2.24, 2.45) is 0 Å². The van der Waals surface area contributed by atoms with Gasteiger partial charge in [0.15, 0.2) is 0 Å². The van der Waals surface area contributed by atoms with Crippen LogP contribution in [-0.2, 0) is 6.54 Å². The Morgan fingerprint density at radius 1 is 1.11 bits per heavy atom. The molecule has 98 valence electrons. The van der Waals surface area contributed by atoms with Crippen LogP contribution in [0.3, 0.4) is 0 Å². The maximum absolute atomic E-state index is 3.65. The molecule has 2 aliphatic heterocycles. The Kier molecular flexibility index (Phi) is 4.02. The van der Waals surface area contributed by atoms with Crippen LogP contribution in [0.15, 0.2) is 28.7 Å². The third-order valence-corrected chi connectivity index (χ3v) is 5.03. The molecule has 1 aromatic rings. The molecule has 0 N–H and O–H groups in total. The molecule has 0 spiro atoms. The van der Waals surface area contributed by atoms with Crippen molar-refractivity contribution < 1.29 is 0 Å². The molecule has 2 saturated heterocycles. The molecule has 0 radical (unpaired) electrons. The van der Waals surface area contributed by atoms with Crippen LogP contribution >= 0.6 is 15.9 Å². The Hall–Kier alpha value is -0.380. The van der Waals surface area contributed by atoms with E-state index in [-0.39, 0.29) is 0 Å². The largest absolute Gasteiger partial charge is 0.299 e. The van der Waals surface area contributed by atoms with Crippen LogP contribution in [0.5, 0.6) is 0 Å². The molecule has 3 rings (SSSR count). The summed E-state index contributed by atoms with van der Waals surface area (Å²) in [6, 6.07) is 9.41. The standard InChI is InChI=1S/C15H21BrN2/c16-15-6-2-1-5-13(15)11-17-10-7-14(12-17)18-8-3-4-9-18/h1-2,5-6,14H,3-4,7-12H2. The average molecular weight is 309 g/mol. The number of halogens is 1. The smallest absolute Gasteiger partial charge is 0.0245 e. The summed E-state index contributed by atoms with van der Waals surface area (Å²) in [4.78, 5) is 5.29. The van der Waals surface area contributed by atoms with Crippen LogP contribution in [0.2, 0.25) is 0 Å². The predicted octanol–water partition coefficient (Wildman–Crippen LogP) is 3.12. The summed E-state index contributed by atoms with van der Waals surface area (Å²) in [6.45, 7) is 6.25. The quantitative estimate of drug-likeness (QED) is 0.846. The van der Waals surface area contributed by atoms with Gasteiger partial charge in [-0.1, -0.05) is 34.1 Å². The monoisotopic (exact) mass is 308 g/mol. The molecule has 1 atom stereocenters. The molecule has 2 heterocycles. The Balaban J connectivity index is 1.57. The highest BCUT2D eigenvalue weighted by Crippen LogP contribution is 2.24. The molecular formula is C15H21BrN2. The van der Waals surface area contributed by atoms with Gasteiger partial charge in [-0.2, -0.15) is 0 Å². The van der Waals surface area contributed by atoms with E-state index in [1.807, 2.05) is 0 Å². The van der Waals surface area contributed by atoms with Crippen LogP contribution in [0, 0.1) is 0 Å². The molecule has 1 unspecified atom stereocenters. The fourth-order valence-corrected chi connectivity index (χ4v) is 3.64. The van der Waals surface area contributed by atoms with Gasteiger partial charge in [0.2, 0.25) is 0 Å². The zero-order chi connectivity index (χ0) is 12.4. The minimum absolute atomic E-state index is 0.815.